The SMILES string of the molecule is COc1ccc(-c2ccnn2-c2cc(OC)c(OC)c(OC)c2)cc1[N+](=O)[O-]. The second kappa shape index (κ2) is 7.87. The minimum atomic E-state index is -0.484. The van der Waals surface area contributed by atoms with E-state index < -0.39 is 4.92 Å². The molecule has 0 amide bonds. The lowest BCUT2D eigenvalue weighted by Gasteiger charge is -2.15. The van der Waals surface area contributed by atoms with Crippen LogP contribution in [0.1, 0.15) is 0 Å². The Labute approximate surface area is 161 Å². The summed E-state index contributed by atoms with van der Waals surface area (Å²) in [5, 5.41) is 15.7. The van der Waals surface area contributed by atoms with E-state index in [-0.39, 0.29) is 11.4 Å². The summed E-state index contributed by atoms with van der Waals surface area (Å²) in [4.78, 5) is 10.9. The van der Waals surface area contributed by atoms with Crippen molar-refractivity contribution in [3.8, 4) is 39.9 Å². The zero-order valence-corrected chi connectivity index (χ0v) is 15.8. The lowest BCUT2D eigenvalue weighted by atomic mass is 10.1. The first kappa shape index (κ1) is 19.0. The average molecular weight is 385 g/mol. The maximum absolute atomic E-state index is 11.4. The topological polar surface area (TPSA) is 97.9 Å². The molecule has 1 aromatic heterocycles. The number of ether oxygens (including phenoxy) is 4. The monoisotopic (exact) mass is 385 g/mol. The van der Waals surface area contributed by atoms with E-state index in [1.54, 1.807) is 41.2 Å². The Kier molecular flexibility index (Phi) is 5.35. The Morgan fingerprint density at radius 1 is 0.893 bits per heavy atom. The van der Waals surface area contributed by atoms with Gasteiger partial charge in [-0.05, 0) is 18.2 Å². The second-order valence-corrected chi connectivity index (χ2v) is 5.66. The molecule has 3 aromatic rings. The quantitative estimate of drug-likeness (QED) is 0.453. The van der Waals surface area contributed by atoms with Crippen LogP contribution < -0.4 is 18.9 Å². The normalized spacial score (nSPS) is 10.4. The Balaban J connectivity index is 2.16. The predicted octanol–water partition coefficient (Wildman–Crippen LogP) is 3.48. The third-order valence-electron chi connectivity index (χ3n) is 4.21. The van der Waals surface area contributed by atoms with Crippen LogP contribution in [0.2, 0.25) is 0 Å². The highest BCUT2D eigenvalue weighted by Gasteiger charge is 2.20. The van der Waals surface area contributed by atoms with Crippen LogP contribution in [0.25, 0.3) is 16.9 Å². The molecule has 0 radical (unpaired) electrons. The van der Waals surface area contributed by atoms with Gasteiger partial charge in [-0.15, -0.1) is 0 Å². The summed E-state index contributed by atoms with van der Waals surface area (Å²) in [6, 6.07) is 9.99. The molecular weight excluding hydrogens is 366 g/mol. The minimum absolute atomic E-state index is 0.127. The number of rotatable bonds is 7. The van der Waals surface area contributed by atoms with Gasteiger partial charge in [0.15, 0.2) is 17.2 Å². The molecule has 3 rings (SSSR count). The van der Waals surface area contributed by atoms with Gasteiger partial charge in [-0.2, -0.15) is 5.10 Å². The van der Waals surface area contributed by atoms with Gasteiger partial charge in [-0.1, -0.05) is 0 Å². The van der Waals surface area contributed by atoms with Crippen LogP contribution in [-0.4, -0.2) is 43.1 Å². The van der Waals surface area contributed by atoms with Crippen molar-refractivity contribution in [1.29, 1.82) is 0 Å². The Morgan fingerprint density at radius 3 is 2.07 bits per heavy atom. The van der Waals surface area contributed by atoms with E-state index in [0.29, 0.717) is 34.2 Å². The molecule has 0 N–H and O–H groups in total. The zero-order chi connectivity index (χ0) is 20.3. The molecule has 0 aliphatic rings. The first-order valence-corrected chi connectivity index (χ1v) is 8.21. The van der Waals surface area contributed by atoms with Crippen molar-refractivity contribution in [2.45, 2.75) is 0 Å². The van der Waals surface area contributed by atoms with Crippen LogP contribution in [0.5, 0.6) is 23.0 Å². The van der Waals surface area contributed by atoms with Gasteiger partial charge in [0.25, 0.3) is 0 Å². The molecule has 1 heterocycles. The molecule has 0 aliphatic carbocycles. The van der Waals surface area contributed by atoms with Gasteiger partial charge in [-0.25, -0.2) is 4.68 Å². The fraction of sp³-hybridized carbons (Fsp3) is 0.211. The number of benzene rings is 2. The maximum Gasteiger partial charge on any atom is 0.311 e. The Bertz CT molecular complexity index is 990. The Morgan fingerprint density at radius 2 is 1.54 bits per heavy atom. The van der Waals surface area contributed by atoms with E-state index in [4.69, 9.17) is 18.9 Å². The molecule has 0 saturated heterocycles. The number of nitro groups is 1. The van der Waals surface area contributed by atoms with Gasteiger partial charge in [0.2, 0.25) is 5.75 Å². The molecule has 0 atom stereocenters. The van der Waals surface area contributed by atoms with Gasteiger partial charge in [0, 0.05) is 23.8 Å². The van der Waals surface area contributed by atoms with Crippen LogP contribution in [0.15, 0.2) is 42.6 Å². The van der Waals surface area contributed by atoms with Crippen molar-refractivity contribution in [2.24, 2.45) is 0 Å². The van der Waals surface area contributed by atoms with Crippen molar-refractivity contribution < 1.29 is 23.9 Å². The van der Waals surface area contributed by atoms with Crippen LogP contribution in [0.4, 0.5) is 5.69 Å². The fourth-order valence-corrected chi connectivity index (χ4v) is 2.91. The van der Waals surface area contributed by atoms with E-state index >= 15 is 0 Å². The van der Waals surface area contributed by atoms with E-state index in [1.165, 1.54) is 34.5 Å². The first-order chi connectivity index (χ1) is 13.5. The van der Waals surface area contributed by atoms with E-state index in [1.807, 2.05) is 0 Å². The summed E-state index contributed by atoms with van der Waals surface area (Å²) < 4.78 is 22.8. The number of aromatic nitrogens is 2. The van der Waals surface area contributed by atoms with Crippen molar-refractivity contribution in [2.75, 3.05) is 28.4 Å². The molecule has 28 heavy (non-hydrogen) atoms. The molecule has 9 heteroatoms. The summed E-state index contributed by atoms with van der Waals surface area (Å²) in [6.07, 6.45) is 1.61. The third kappa shape index (κ3) is 3.29. The first-order valence-electron chi connectivity index (χ1n) is 8.21. The van der Waals surface area contributed by atoms with Crippen molar-refractivity contribution in [3.63, 3.8) is 0 Å². The lowest BCUT2D eigenvalue weighted by molar-refractivity contribution is -0.385. The number of methoxy groups -OCH3 is 4. The molecule has 0 bridgehead atoms. The largest absolute Gasteiger partial charge is 0.493 e. The highest BCUT2D eigenvalue weighted by molar-refractivity contribution is 5.69. The van der Waals surface area contributed by atoms with Gasteiger partial charge in [0.1, 0.15) is 0 Å². The zero-order valence-electron chi connectivity index (χ0n) is 15.8. The summed E-state index contributed by atoms with van der Waals surface area (Å²) in [5.41, 5.74) is 1.78. The van der Waals surface area contributed by atoms with Gasteiger partial charge in [-0.3, -0.25) is 10.1 Å². The molecule has 0 fully saturated rings. The molecule has 0 saturated carbocycles. The van der Waals surface area contributed by atoms with Crippen LogP contribution in [0.3, 0.4) is 0 Å². The van der Waals surface area contributed by atoms with E-state index in [2.05, 4.69) is 5.10 Å². The van der Waals surface area contributed by atoms with Crippen molar-refractivity contribution >= 4 is 5.69 Å². The summed E-state index contributed by atoms with van der Waals surface area (Å²) in [7, 11) is 5.97. The van der Waals surface area contributed by atoms with Gasteiger partial charge < -0.3 is 18.9 Å². The third-order valence-corrected chi connectivity index (χ3v) is 4.21. The van der Waals surface area contributed by atoms with Crippen LogP contribution in [0, 0.1) is 10.1 Å². The van der Waals surface area contributed by atoms with Crippen molar-refractivity contribution in [1.82, 2.24) is 9.78 Å². The molecule has 9 nitrogen and oxygen atoms in total. The highest BCUT2D eigenvalue weighted by Crippen LogP contribution is 2.40. The minimum Gasteiger partial charge on any atom is -0.493 e. The summed E-state index contributed by atoms with van der Waals surface area (Å²) in [6.45, 7) is 0. The molecule has 0 aliphatic heterocycles. The van der Waals surface area contributed by atoms with Crippen LogP contribution in [-0.2, 0) is 0 Å². The van der Waals surface area contributed by atoms with Gasteiger partial charge in [0.05, 0.1) is 50.9 Å². The smallest absolute Gasteiger partial charge is 0.311 e. The molecule has 146 valence electrons. The summed E-state index contributed by atoms with van der Waals surface area (Å²) >= 11 is 0. The van der Waals surface area contributed by atoms with E-state index in [0.717, 1.165) is 0 Å². The predicted molar refractivity (Wildman–Crippen MR) is 102 cm³/mol. The molecule has 2 aromatic carbocycles. The number of nitrogens with zero attached hydrogens (tertiary/aromatic N) is 3. The number of hydrogen-bond donors (Lipinski definition) is 0. The van der Waals surface area contributed by atoms with Gasteiger partial charge >= 0.3 is 5.69 Å². The highest BCUT2D eigenvalue weighted by atomic mass is 16.6. The number of hydrogen-bond acceptors (Lipinski definition) is 7. The standard InChI is InChI=1S/C19H19N3O6/c1-25-16-6-5-12(9-15(16)22(23)24)14-7-8-20-21(14)13-10-17(26-2)19(28-4)18(11-13)27-3/h5-11H,1-4H3. The van der Waals surface area contributed by atoms with Crippen LogP contribution >= 0.6 is 0 Å². The van der Waals surface area contributed by atoms with E-state index in [9.17, 15) is 10.1 Å². The number of nitro benzene ring substituents is 1. The molecule has 0 unspecified atom stereocenters. The van der Waals surface area contributed by atoms with Crippen molar-refractivity contribution in [3.05, 3.63) is 52.7 Å². The lowest BCUT2D eigenvalue weighted by Crippen LogP contribution is -2.03. The maximum atomic E-state index is 11.4. The molecule has 0 spiro atoms. The fourth-order valence-electron chi connectivity index (χ4n) is 2.91. The summed E-state index contributed by atoms with van der Waals surface area (Å²) in [5.74, 6) is 1.59. The molecular formula is C19H19N3O6. The Hall–Kier alpha value is -3.75. The second-order valence-electron chi connectivity index (χ2n) is 5.66. The average Bonchev–Trinajstić information content (AvgIpc) is 3.21.